The number of benzene rings is 1. The van der Waals surface area contributed by atoms with E-state index in [0.717, 1.165) is 37.7 Å². The van der Waals surface area contributed by atoms with E-state index >= 15 is 0 Å². The predicted molar refractivity (Wildman–Crippen MR) is 112 cm³/mol. The third-order valence-electron chi connectivity index (χ3n) is 5.03. The Hall–Kier alpha value is -2.90. The van der Waals surface area contributed by atoms with Crippen LogP contribution in [-0.4, -0.2) is 42.5 Å². The summed E-state index contributed by atoms with van der Waals surface area (Å²) >= 11 is 0. The van der Waals surface area contributed by atoms with Gasteiger partial charge in [-0.3, -0.25) is 14.9 Å². The van der Waals surface area contributed by atoms with Crippen molar-refractivity contribution in [1.29, 1.82) is 0 Å². The van der Waals surface area contributed by atoms with Crippen molar-refractivity contribution >= 4 is 23.8 Å². The number of ether oxygens (including phenoxy) is 1. The lowest BCUT2D eigenvalue weighted by Crippen LogP contribution is -2.48. The second-order valence-corrected chi connectivity index (χ2v) is 8.03. The number of rotatable bonds is 7. The summed E-state index contributed by atoms with van der Waals surface area (Å²) in [4.78, 5) is 48.7. The molecule has 1 atom stereocenters. The molecule has 1 saturated carbocycles. The van der Waals surface area contributed by atoms with Crippen LogP contribution in [0.1, 0.15) is 61.9 Å². The van der Waals surface area contributed by atoms with Crippen LogP contribution in [0.25, 0.3) is 0 Å². The minimum absolute atomic E-state index is 0.0660. The van der Waals surface area contributed by atoms with Crippen LogP contribution >= 0.6 is 0 Å². The maximum Gasteiger partial charge on any atom is 0.329 e. The number of imide groups is 1. The minimum Gasteiger partial charge on any atom is -0.454 e. The van der Waals surface area contributed by atoms with Gasteiger partial charge in [0.2, 0.25) is 0 Å². The first kappa shape index (κ1) is 23.4. The Balaban J connectivity index is 1.81. The van der Waals surface area contributed by atoms with Gasteiger partial charge in [0.05, 0.1) is 0 Å². The molecule has 0 radical (unpaired) electrons. The molecule has 1 aromatic rings. The van der Waals surface area contributed by atoms with Gasteiger partial charge < -0.3 is 15.4 Å². The maximum absolute atomic E-state index is 12.4. The van der Waals surface area contributed by atoms with Crippen molar-refractivity contribution in [2.45, 2.75) is 65.0 Å². The van der Waals surface area contributed by atoms with Gasteiger partial charge in [-0.25, -0.2) is 9.59 Å². The summed E-state index contributed by atoms with van der Waals surface area (Å²) in [7, 11) is 0. The number of nitrogens with one attached hydrogen (secondary N) is 3. The summed E-state index contributed by atoms with van der Waals surface area (Å²) in [5.41, 5.74) is 1.36. The highest BCUT2D eigenvalue weighted by Gasteiger charge is 2.27. The first-order valence-electron chi connectivity index (χ1n) is 10.4. The van der Waals surface area contributed by atoms with E-state index in [2.05, 4.69) is 16.0 Å². The summed E-state index contributed by atoms with van der Waals surface area (Å²) in [6, 6.07) is 5.57. The number of carbonyl (C=O) groups is 4. The number of esters is 1. The van der Waals surface area contributed by atoms with Gasteiger partial charge in [0.1, 0.15) is 6.04 Å². The summed E-state index contributed by atoms with van der Waals surface area (Å²) in [6.45, 7) is 4.80. The number of aryl methyl sites for hydroxylation is 1. The van der Waals surface area contributed by atoms with Gasteiger partial charge >= 0.3 is 12.0 Å². The van der Waals surface area contributed by atoms with Gasteiger partial charge in [0.15, 0.2) is 6.61 Å². The van der Waals surface area contributed by atoms with E-state index in [0.29, 0.717) is 5.56 Å². The third-order valence-corrected chi connectivity index (χ3v) is 5.03. The summed E-state index contributed by atoms with van der Waals surface area (Å²) in [5, 5.41) is 7.58. The Morgan fingerprint density at radius 2 is 1.80 bits per heavy atom. The molecule has 164 valence electrons. The number of hydrogen-bond donors (Lipinski definition) is 3. The van der Waals surface area contributed by atoms with Crippen molar-refractivity contribution in [3.63, 3.8) is 0 Å². The van der Waals surface area contributed by atoms with Crippen LogP contribution in [0.2, 0.25) is 0 Å². The van der Waals surface area contributed by atoms with E-state index in [1.807, 2.05) is 13.0 Å². The number of hydrogen-bond acceptors (Lipinski definition) is 5. The molecule has 1 aliphatic carbocycles. The molecule has 2 rings (SSSR count). The largest absolute Gasteiger partial charge is 0.454 e. The standard InChI is InChI=1S/C22H31N3O5/c1-14(2)19(25-20(27)16-9-7-8-15(3)12-16)21(28)30-13-18(26)24-22(29)23-17-10-5-4-6-11-17/h7-9,12,14,17,19H,4-6,10-11,13H2,1-3H3,(H,25,27)(H2,23,24,26,29)/t19-/m0/s1. The van der Waals surface area contributed by atoms with Crippen LogP contribution in [0.15, 0.2) is 24.3 Å². The first-order chi connectivity index (χ1) is 14.3. The zero-order valence-electron chi connectivity index (χ0n) is 17.8. The molecule has 1 aliphatic rings. The van der Waals surface area contributed by atoms with E-state index in [1.165, 1.54) is 0 Å². The summed E-state index contributed by atoms with van der Waals surface area (Å²) in [6.07, 6.45) is 5.06. The molecular weight excluding hydrogens is 386 g/mol. The average Bonchev–Trinajstić information content (AvgIpc) is 2.70. The smallest absolute Gasteiger partial charge is 0.329 e. The van der Waals surface area contributed by atoms with E-state index in [9.17, 15) is 19.2 Å². The molecule has 30 heavy (non-hydrogen) atoms. The Kier molecular flexibility index (Phi) is 8.83. The van der Waals surface area contributed by atoms with Crippen LogP contribution in [0, 0.1) is 12.8 Å². The second kappa shape index (κ2) is 11.3. The average molecular weight is 418 g/mol. The van der Waals surface area contributed by atoms with Gasteiger partial charge in [0.25, 0.3) is 11.8 Å². The van der Waals surface area contributed by atoms with E-state index in [1.54, 1.807) is 32.0 Å². The van der Waals surface area contributed by atoms with Gasteiger partial charge in [0, 0.05) is 11.6 Å². The van der Waals surface area contributed by atoms with Crippen molar-refractivity contribution in [2.24, 2.45) is 5.92 Å². The molecule has 8 heteroatoms. The Bertz CT molecular complexity index is 772. The molecule has 0 heterocycles. The van der Waals surface area contributed by atoms with Crippen LogP contribution in [-0.2, 0) is 14.3 Å². The zero-order chi connectivity index (χ0) is 22.1. The topological polar surface area (TPSA) is 114 Å². The normalized spacial score (nSPS) is 15.2. The van der Waals surface area contributed by atoms with Crippen molar-refractivity contribution in [3.05, 3.63) is 35.4 Å². The highest BCUT2D eigenvalue weighted by molar-refractivity contribution is 5.98. The molecule has 1 aromatic carbocycles. The van der Waals surface area contributed by atoms with E-state index in [-0.39, 0.29) is 12.0 Å². The van der Waals surface area contributed by atoms with Gasteiger partial charge in [-0.2, -0.15) is 0 Å². The monoisotopic (exact) mass is 417 g/mol. The third kappa shape index (κ3) is 7.50. The van der Waals surface area contributed by atoms with E-state index in [4.69, 9.17) is 4.74 Å². The highest BCUT2D eigenvalue weighted by atomic mass is 16.5. The Morgan fingerprint density at radius 1 is 1.10 bits per heavy atom. The number of urea groups is 1. The van der Waals surface area contributed by atoms with Crippen molar-refractivity contribution in [1.82, 2.24) is 16.0 Å². The molecule has 0 unspecified atom stereocenters. The molecule has 1 fully saturated rings. The maximum atomic E-state index is 12.4. The fourth-order valence-corrected chi connectivity index (χ4v) is 3.37. The highest BCUT2D eigenvalue weighted by Crippen LogP contribution is 2.17. The molecule has 0 aliphatic heterocycles. The molecule has 3 N–H and O–H groups in total. The minimum atomic E-state index is -0.915. The summed E-state index contributed by atoms with van der Waals surface area (Å²) < 4.78 is 5.03. The summed E-state index contributed by atoms with van der Waals surface area (Å²) in [5.74, 6) is -2.09. The molecule has 0 aromatic heterocycles. The fraction of sp³-hybridized carbons (Fsp3) is 0.545. The lowest BCUT2D eigenvalue weighted by molar-refractivity contribution is -0.151. The second-order valence-electron chi connectivity index (χ2n) is 8.03. The SMILES string of the molecule is Cc1cccc(C(=O)N[C@H](C(=O)OCC(=O)NC(=O)NC2CCCCC2)C(C)C)c1. The van der Waals surface area contributed by atoms with Crippen LogP contribution in [0.4, 0.5) is 4.79 Å². The molecule has 4 amide bonds. The Labute approximate surface area is 177 Å². The Morgan fingerprint density at radius 3 is 2.43 bits per heavy atom. The van der Waals surface area contributed by atoms with Crippen LogP contribution in [0.3, 0.4) is 0 Å². The van der Waals surface area contributed by atoms with Crippen LogP contribution in [0.5, 0.6) is 0 Å². The molecule has 0 saturated heterocycles. The van der Waals surface area contributed by atoms with Crippen molar-refractivity contribution < 1.29 is 23.9 Å². The lowest BCUT2D eigenvalue weighted by Gasteiger charge is -2.23. The van der Waals surface area contributed by atoms with Gasteiger partial charge in [-0.05, 0) is 37.8 Å². The molecule has 8 nitrogen and oxygen atoms in total. The number of carbonyl (C=O) groups excluding carboxylic acids is 4. The predicted octanol–water partition coefficient (Wildman–Crippen LogP) is 2.45. The zero-order valence-corrected chi connectivity index (χ0v) is 17.8. The number of amides is 4. The van der Waals surface area contributed by atoms with Crippen LogP contribution < -0.4 is 16.0 Å². The fourth-order valence-electron chi connectivity index (χ4n) is 3.37. The van der Waals surface area contributed by atoms with Crippen molar-refractivity contribution in [3.8, 4) is 0 Å². The first-order valence-corrected chi connectivity index (χ1v) is 10.4. The van der Waals surface area contributed by atoms with Gasteiger partial charge in [-0.1, -0.05) is 50.8 Å². The lowest BCUT2D eigenvalue weighted by atomic mass is 9.96. The molecule has 0 bridgehead atoms. The van der Waals surface area contributed by atoms with Gasteiger partial charge in [-0.15, -0.1) is 0 Å². The molecule has 0 spiro atoms. The van der Waals surface area contributed by atoms with Crippen molar-refractivity contribution in [2.75, 3.05) is 6.61 Å². The molecular formula is C22H31N3O5. The van der Waals surface area contributed by atoms with E-state index < -0.39 is 36.5 Å². The quantitative estimate of drug-likeness (QED) is 0.590.